The number of carbonyl (C=O) groups is 1. The van der Waals surface area contributed by atoms with E-state index in [-0.39, 0.29) is 5.91 Å². The number of nitrogens with one attached hydrogen (secondary N) is 3. The number of fused-ring (bicyclic) bond motifs is 1. The van der Waals surface area contributed by atoms with Crippen molar-refractivity contribution in [2.24, 2.45) is 5.73 Å². The monoisotopic (exact) mass is 288 g/mol. The summed E-state index contributed by atoms with van der Waals surface area (Å²) in [4.78, 5) is 11.4. The molecule has 2 saturated heterocycles. The van der Waals surface area contributed by atoms with Gasteiger partial charge in [0, 0.05) is 42.6 Å². The normalized spacial score (nSPS) is 33.4. The van der Waals surface area contributed by atoms with E-state index in [0.29, 0.717) is 36.8 Å². The quantitative estimate of drug-likeness (QED) is 0.383. The number of unbranched alkanes of at least 4 members (excludes halogenated alkanes) is 1. The molecule has 0 spiro atoms. The highest BCUT2D eigenvalue weighted by Gasteiger charge is 2.42. The lowest BCUT2D eigenvalue weighted by Gasteiger charge is -2.17. The van der Waals surface area contributed by atoms with Crippen LogP contribution in [0.5, 0.6) is 0 Å². The predicted molar refractivity (Wildman–Crippen MR) is 76.6 cm³/mol. The van der Waals surface area contributed by atoms with Crippen LogP contribution >= 0.6 is 11.8 Å². The van der Waals surface area contributed by atoms with Gasteiger partial charge < -0.3 is 16.2 Å². The Morgan fingerprint density at radius 2 is 2.26 bits per heavy atom. The molecular formula is C12H24N4O2S. The Hall–Kier alpha value is -0.340. The lowest BCUT2D eigenvalue weighted by atomic mass is 10.0. The molecule has 0 aromatic carbocycles. The van der Waals surface area contributed by atoms with Crippen molar-refractivity contribution >= 4 is 17.7 Å². The lowest BCUT2D eigenvalue weighted by Crippen LogP contribution is -2.38. The number of hydrogen-bond donors (Lipinski definition) is 5. The van der Waals surface area contributed by atoms with Crippen LogP contribution in [0.3, 0.4) is 0 Å². The van der Waals surface area contributed by atoms with Crippen molar-refractivity contribution in [3.05, 3.63) is 0 Å². The minimum absolute atomic E-state index is 0.0958. The van der Waals surface area contributed by atoms with Gasteiger partial charge in [-0.15, -0.1) is 0 Å². The van der Waals surface area contributed by atoms with Gasteiger partial charge in [0.25, 0.3) is 0 Å². The Kier molecular flexibility index (Phi) is 5.90. The predicted octanol–water partition coefficient (Wildman–Crippen LogP) is -1.06. The van der Waals surface area contributed by atoms with Crippen LogP contribution in [0.2, 0.25) is 0 Å². The highest BCUT2D eigenvalue weighted by atomic mass is 32.2. The van der Waals surface area contributed by atoms with E-state index in [4.69, 9.17) is 5.73 Å². The molecule has 110 valence electrons. The van der Waals surface area contributed by atoms with E-state index >= 15 is 0 Å². The van der Waals surface area contributed by atoms with Gasteiger partial charge >= 0.3 is 0 Å². The Labute approximate surface area is 118 Å². The molecular weight excluding hydrogens is 264 g/mol. The highest BCUT2D eigenvalue weighted by Crippen LogP contribution is 2.33. The van der Waals surface area contributed by atoms with Gasteiger partial charge in [-0.25, -0.2) is 0 Å². The third-order valence-corrected chi connectivity index (χ3v) is 5.16. The topological polar surface area (TPSA) is 99.4 Å². The molecule has 0 saturated carbocycles. The molecule has 2 aliphatic heterocycles. The number of nitrogens with two attached hydrogens (primary N) is 1. The van der Waals surface area contributed by atoms with E-state index in [1.54, 1.807) is 0 Å². The Morgan fingerprint density at radius 1 is 1.42 bits per heavy atom. The first-order valence-corrected chi connectivity index (χ1v) is 8.04. The van der Waals surface area contributed by atoms with E-state index < -0.39 is 6.35 Å². The molecule has 0 bridgehead atoms. The molecule has 6 nitrogen and oxygen atoms in total. The van der Waals surface area contributed by atoms with Gasteiger partial charge in [-0.3, -0.25) is 15.4 Å². The molecule has 2 heterocycles. The fourth-order valence-electron chi connectivity index (χ4n) is 2.70. The zero-order valence-electron chi connectivity index (χ0n) is 11.1. The van der Waals surface area contributed by atoms with Crippen molar-refractivity contribution in [2.75, 3.05) is 18.8 Å². The zero-order chi connectivity index (χ0) is 13.7. The van der Waals surface area contributed by atoms with Gasteiger partial charge in [0.15, 0.2) is 6.35 Å². The number of aliphatic hydroxyl groups is 1. The van der Waals surface area contributed by atoms with Crippen LogP contribution in [0.4, 0.5) is 0 Å². The molecule has 19 heavy (non-hydrogen) atoms. The van der Waals surface area contributed by atoms with Crippen LogP contribution in [-0.4, -0.2) is 53.5 Å². The molecule has 0 aliphatic carbocycles. The van der Waals surface area contributed by atoms with Gasteiger partial charge in [-0.1, -0.05) is 6.42 Å². The van der Waals surface area contributed by atoms with Crippen LogP contribution in [0.1, 0.15) is 25.7 Å². The summed E-state index contributed by atoms with van der Waals surface area (Å²) in [6.45, 7) is 1.06. The van der Waals surface area contributed by atoms with Crippen molar-refractivity contribution in [3.63, 3.8) is 0 Å². The SMILES string of the molecule is NCCNC(=O)CCCCC1SC[C@@H]2NC(O)N[C@H]12. The van der Waals surface area contributed by atoms with E-state index in [2.05, 4.69) is 16.0 Å². The molecule has 1 amide bonds. The van der Waals surface area contributed by atoms with Crippen LogP contribution in [0.25, 0.3) is 0 Å². The summed E-state index contributed by atoms with van der Waals surface area (Å²) in [5.41, 5.74) is 5.32. The second kappa shape index (κ2) is 7.44. The summed E-state index contributed by atoms with van der Waals surface area (Å²) < 4.78 is 0. The maximum Gasteiger partial charge on any atom is 0.220 e. The fourth-order valence-corrected chi connectivity index (χ4v) is 4.26. The minimum atomic E-state index is -0.555. The second-order valence-corrected chi connectivity index (χ2v) is 6.40. The second-order valence-electron chi connectivity index (χ2n) is 5.12. The van der Waals surface area contributed by atoms with Crippen molar-refractivity contribution in [1.29, 1.82) is 0 Å². The molecule has 0 radical (unpaired) electrons. The van der Waals surface area contributed by atoms with Gasteiger partial charge in [0.1, 0.15) is 0 Å². The number of hydrogen-bond acceptors (Lipinski definition) is 6. The first-order valence-electron chi connectivity index (χ1n) is 6.99. The van der Waals surface area contributed by atoms with Gasteiger partial charge in [0.05, 0.1) is 0 Å². The van der Waals surface area contributed by atoms with Crippen LogP contribution in [0.15, 0.2) is 0 Å². The third kappa shape index (κ3) is 4.32. The summed E-state index contributed by atoms with van der Waals surface area (Å²) in [6.07, 6.45) is 3.09. The minimum Gasteiger partial charge on any atom is -0.365 e. The van der Waals surface area contributed by atoms with Crippen LogP contribution < -0.4 is 21.7 Å². The highest BCUT2D eigenvalue weighted by molar-refractivity contribution is 8.00. The standard InChI is InChI=1S/C12H24N4O2S/c13-5-6-14-10(17)4-2-1-3-9-11-8(7-19-9)15-12(18)16-11/h8-9,11-12,15-16,18H,1-7,13H2,(H,14,17)/t8-,9?,11-,12?/m0/s1. The lowest BCUT2D eigenvalue weighted by molar-refractivity contribution is -0.121. The van der Waals surface area contributed by atoms with E-state index in [0.717, 1.165) is 25.0 Å². The Bertz CT molecular complexity index is 305. The third-order valence-electron chi connectivity index (χ3n) is 3.66. The van der Waals surface area contributed by atoms with E-state index in [9.17, 15) is 9.90 Å². The van der Waals surface area contributed by atoms with Crippen molar-refractivity contribution in [1.82, 2.24) is 16.0 Å². The fraction of sp³-hybridized carbons (Fsp3) is 0.917. The summed E-state index contributed by atoms with van der Waals surface area (Å²) in [5, 5.41) is 19.1. The molecule has 0 aromatic rings. The average molecular weight is 288 g/mol. The van der Waals surface area contributed by atoms with Gasteiger partial charge in [0.2, 0.25) is 5.91 Å². The summed E-state index contributed by atoms with van der Waals surface area (Å²) in [5.74, 6) is 1.15. The molecule has 4 atom stereocenters. The summed E-state index contributed by atoms with van der Waals surface area (Å²) in [6, 6.07) is 0.754. The molecule has 2 rings (SSSR count). The molecule has 2 aliphatic rings. The van der Waals surface area contributed by atoms with Gasteiger partial charge in [-0.05, 0) is 12.8 Å². The van der Waals surface area contributed by atoms with Crippen molar-refractivity contribution in [3.8, 4) is 0 Å². The molecule has 6 N–H and O–H groups in total. The zero-order valence-corrected chi connectivity index (χ0v) is 11.9. The molecule has 7 heteroatoms. The molecule has 0 aromatic heterocycles. The van der Waals surface area contributed by atoms with Gasteiger partial charge in [-0.2, -0.15) is 11.8 Å². The van der Waals surface area contributed by atoms with Crippen LogP contribution in [0, 0.1) is 0 Å². The van der Waals surface area contributed by atoms with E-state index in [1.807, 2.05) is 11.8 Å². The average Bonchev–Trinajstić information content (AvgIpc) is 2.92. The Balaban J connectivity index is 1.57. The number of aliphatic hydroxyl groups excluding tert-OH is 1. The summed E-state index contributed by atoms with van der Waals surface area (Å²) >= 11 is 1.96. The molecule has 2 unspecified atom stereocenters. The van der Waals surface area contributed by atoms with E-state index in [1.165, 1.54) is 0 Å². The number of thioether (sulfide) groups is 1. The first kappa shape index (κ1) is 15.1. The van der Waals surface area contributed by atoms with Crippen LogP contribution in [-0.2, 0) is 4.79 Å². The largest absolute Gasteiger partial charge is 0.365 e. The maximum atomic E-state index is 11.4. The smallest absolute Gasteiger partial charge is 0.220 e. The van der Waals surface area contributed by atoms with Crippen molar-refractivity contribution in [2.45, 2.75) is 49.4 Å². The number of amides is 1. The number of carbonyl (C=O) groups excluding carboxylic acids is 1. The summed E-state index contributed by atoms with van der Waals surface area (Å²) in [7, 11) is 0. The Morgan fingerprint density at radius 3 is 3.05 bits per heavy atom. The number of rotatable bonds is 7. The van der Waals surface area contributed by atoms with Crippen molar-refractivity contribution < 1.29 is 9.90 Å². The first-order chi connectivity index (χ1) is 9.20. The molecule has 2 fully saturated rings. The maximum absolute atomic E-state index is 11.4.